The number of aromatic nitrogens is 2. The normalized spacial score (nSPS) is 15.9. The maximum absolute atomic E-state index is 12.6. The highest BCUT2D eigenvalue weighted by molar-refractivity contribution is 6.04. The van der Waals surface area contributed by atoms with Crippen LogP contribution in [0, 0.1) is 0 Å². The van der Waals surface area contributed by atoms with Gasteiger partial charge in [0.1, 0.15) is 0 Å². The first-order valence-electron chi connectivity index (χ1n) is 7.97. The van der Waals surface area contributed by atoms with Crippen LogP contribution in [-0.2, 0) is 11.3 Å². The van der Waals surface area contributed by atoms with Crippen LogP contribution in [0.1, 0.15) is 28.8 Å². The van der Waals surface area contributed by atoms with E-state index in [4.69, 9.17) is 0 Å². The highest BCUT2D eigenvalue weighted by Gasteiger charge is 2.27. The molecule has 3 aromatic rings. The minimum absolute atomic E-state index is 0.0745. The molecule has 1 aliphatic rings. The van der Waals surface area contributed by atoms with E-state index >= 15 is 0 Å². The number of para-hydroxylation sites is 1. The van der Waals surface area contributed by atoms with E-state index in [1.807, 2.05) is 6.07 Å². The Kier molecular flexibility index (Phi) is 3.46. The lowest BCUT2D eigenvalue weighted by molar-refractivity contribution is -0.116. The second kappa shape index (κ2) is 5.66. The Labute approximate surface area is 143 Å². The molecular weight excluding hydrogens is 318 g/mol. The molecule has 0 aliphatic carbocycles. The van der Waals surface area contributed by atoms with Crippen LogP contribution in [-0.4, -0.2) is 21.2 Å². The van der Waals surface area contributed by atoms with Crippen molar-refractivity contribution in [2.45, 2.75) is 19.4 Å². The Bertz CT molecular complexity index is 1080. The first-order chi connectivity index (χ1) is 12.0. The number of carbonyl (C=O) groups is 2. The summed E-state index contributed by atoms with van der Waals surface area (Å²) in [6.45, 7) is 1.71. The third-order valence-electron chi connectivity index (χ3n) is 4.54. The molecule has 1 atom stereocenters. The fraction of sp³-hybridized carbons (Fsp3) is 0.158. The van der Waals surface area contributed by atoms with Crippen molar-refractivity contribution in [1.82, 2.24) is 9.55 Å². The SMILES string of the molecule is C[C@H]1C(=O)Nc2ccc(C(=O)Cn3cnc4ccccc4c3=O)cc21. The third kappa shape index (κ3) is 2.52. The lowest BCUT2D eigenvalue weighted by Crippen LogP contribution is -2.24. The predicted molar refractivity (Wildman–Crippen MR) is 93.8 cm³/mol. The summed E-state index contributed by atoms with van der Waals surface area (Å²) in [7, 11) is 0. The molecule has 0 fully saturated rings. The summed E-state index contributed by atoms with van der Waals surface area (Å²) in [4.78, 5) is 41.0. The zero-order valence-corrected chi connectivity index (χ0v) is 13.5. The molecule has 124 valence electrons. The Morgan fingerprint density at radius 3 is 2.84 bits per heavy atom. The van der Waals surface area contributed by atoms with Crippen LogP contribution >= 0.6 is 0 Å². The fourth-order valence-electron chi connectivity index (χ4n) is 3.06. The highest BCUT2D eigenvalue weighted by Crippen LogP contribution is 2.32. The van der Waals surface area contributed by atoms with Crippen molar-refractivity contribution in [2.24, 2.45) is 0 Å². The van der Waals surface area contributed by atoms with E-state index in [0.717, 1.165) is 11.3 Å². The lowest BCUT2D eigenvalue weighted by Gasteiger charge is -2.08. The molecule has 0 radical (unpaired) electrons. The minimum Gasteiger partial charge on any atom is -0.325 e. The molecule has 1 aliphatic heterocycles. The highest BCUT2D eigenvalue weighted by atomic mass is 16.2. The van der Waals surface area contributed by atoms with Crippen molar-refractivity contribution in [3.8, 4) is 0 Å². The van der Waals surface area contributed by atoms with Crippen LogP contribution in [0.25, 0.3) is 10.9 Å². The van der Waals surface area contributed by atoms with Gasteiger partial charge in [-0.25, -0.2) is 4.98 Å². The van der Waals surface area contributed by atoms with Crippen molar-refractivity contribution in [1.29, 1.82) is 0 Å². The number of fused-ring (bicyclic) bond motifs is 2. The van der Waals surface area contributed by atoms with Gasteiger partial charge >= 0.3 is 0 Å². The van der Waals surface area contributed by atoms with Gasteiger partial charge in [0, 0.05) is 11.3 Å². The standard InChI is InChI=1S/C19H15N3O3/c1-11-14-8-12(6-7-16(14)21-18(11)24)17(23)9-22-10-20-15-5-3-2-4-13(15)19(22)25/h2-8,10-11H,9H2,1H3,(H,21,24)/t11-/m1/s1. The van der Waals surface area contributed by atoms with E-state index in [0.29, 0.717) is 16.5 Å². The van der Waals surface area contributed by atoms with Gasteiger partial charge in [-0.05, 0) is 42.8 Å². The number of nitrogens with zero attached hydrogens (tertiary/aromatic N) is 2. The molecule has 1 N–H and O–H groups in total. The number of anilines is 1. The van der Waals surface area contributed by atoms with Gasteiger partial charge < -0.3 is 5.32 Å². The van der Waals surface area contributed by atoms with Crippen molar-refractivity contribution in [2.75, 3.05) is 5.32 Å². The van der Waals surface area contributed by atoms with Crippen LogP contribution in [0.3, 0.4) is 0 Å². The van der Waals surface area contributed by atoms with E-state index in [1.54, 1.807) is 43.3 Å². The number of benzene rings is 2. The second-order valence-corrected chi connectivity index (χ2v) is 6.13. The Morgan fingerprint density at radius 2 is 2.00 bits per heavy atom. The largest absolute Gasteiger partial charge is 0.325 e. The number of amides is 1. The topological polar surface area (TPSA) is 81.1 Å². The van der Waals surface area contributed by atoms with Gasteiger partial charge in [0.2, 0.25) is 5.91 Å². The minimum atomic E-state index is -0.284. The molecule has 1 amide bonds. The summed E-state index contributed by atoms with van der Waals surface area (Å²) < 4.78 is 1.31. The van der Waals surface area contributed by atoms with E-state index in [-0.39, 0.29) is 29.7 Å². The lowest BCUT2D eigenvalue weighted by atomic mass is 9.99. The van der Waals surface area contributed by atoms with E-state index in [9.17, 15) is 14.4 Å². The third-order valence-corrected chi connectivity index (χ3v) is 4.54. The molecule has 0 spiro atoms. The van der Waals surface area contributed by atoms with Crippen LogP contribution in [0.15, 0.2) is 53.6 Å². The van der Waals surface area contributed by atoms with E-state index in [2.05, 4.69) is 10.3 Å². The summed E-state index contributed by atoms with van der Waals surface area (Å²) in [5.41, 5.74) is 2.37. The number of hydrogen-bond acceptors (Lipinski definition) is 4. The van der Waals surface area contributed by atoms with Crippen molar-refractivity contribution in [3.05, 3.63) is 70.3 Å². The number of nitrogens with one attached hydrogen (secondary N) is 1. The number of rotatable bonds is 3. The van der Waals surface area contributed by atoms with Crippen LogP contribution in [0.5, 0.6) is 0 Å². The average Bonchev–Trinajstić information content (AvgIpc) is 2.91. The zero-order valence-electron chi connectivity index (χ0n) is 13.5. The van der Waals surface area contributed by atoms with Crippen LogP contribution in [0.4, 0.5) is 5.69 Å². The second-order valence-electron chi connectivity index (χ2n) is 6.13. The Balaban J connectivity index is 1.66. The summed E-state index contributed by atoms with van der Waals surface area (Å²) >= 11 is 0. The molecule has 25 heavy (non-hydrogen) atoms. The van der Waals surface area contributed by atoms with Gasteiger partial charge in [-0.2, -0.15) is 0 Å². The van der Waals surface area contributed by atoms with Crippen LogP contribution in [0.2, 0.25) is 0 Å². The quantitative estimate of drug-likeness (QED) is 0.746. The van der Waals surface area contributed by atoms with E-state index in [1.165, 1.54) is 10.9 Å². The molecule has 0 saturated carbocycles. The number of hydrogen-bond donors (Lipinski definition) is 1. The fourth-order valence-corrected chi connectivity index (χ4v) is 3.06. The summed E-state index contributed by atoms with van der Waals surface area (Å²) in [6.07, 6.45) is 1.39. The first-order valence-corrected chi connectivity index (χ1v) is 7.97. The van der Waals surface area contributed by atoms with Crippen LogP contribution < -0.4 is 10.9 Å². The summed E-state index contributed by atoms with van der Waals surface area (Å²) in [5.74, 6) is -0.559. The van der Waals surface area contributed by atoms with Crippen molar-refractivity contribution >= 4 is 28.3 Å². The van der Waals surface area contributed by atoms with Gasteiger partial charge in [0.25, 0.3) is 5.56 Å². The van der Waals surface area contributed by atoms with Gasteiger partial charge in [-0.3, -0.25) is 19.0 Å². The van der Waals surface area contributed by atoms with Gasteiger partial charge in [0.15, 0.2) is 5.78 Å². The van der Waals surface area contributed by atoms with Gasteiger partial charge in [0.05, 0.1) is 29.7 Å². The molecule has 4 rings (SSSR count). The van der Waals surface area contributed by atoms with Gasteiger partial charge in [-0.15, -0.1) is 0 Å². The summed E-state index contributed by atoms with van der Waals surface area (Å²) in [5, 5.41) is 3.26. The monoisotopic (exact) mass is 333 g/mol. The summed E-state index contributed by atoms with van der Waals surface area (Å²) in [6, 6.07) is 12.1. The molecule has 0 saturated heterocycles. The van der Waals surface area contributed by atoms with Gasteiger partial charge in [-0.1, -0.05) is 12.1 Å². The Hall–Kier alpha value is -3.28. The average molecular weight is 333 g/mol. The van der Waals surface area contributed by atoms with Crippen molar-refractivity contribution < 1.29 is 9.59 Å². The zero-order chi connectivity index (χ0) is 17.6. The molecule has 6 heteroatoms. The molecule has 2 heterocycles. The molecular formula is C19H15N3O3. The number of carbonyl (C=O) groups excluding carboxylic acids is 2. The molecule has 2 aromatic carbocycles. The number of Topliss-reactive ketones (excluding diaryl/α,β-unsaturated/α-hetero) is 1. The molecule has 1 aromatic heterocycles. The smallest absolute Gasteiger partial charge is 0.261 e. The molecule has 0 bridgehead atoms. The maximum atomic E-state index is 12.6. The molecule has 6 nitrogen and oxygen atoms in total. The van der Waals surface area contributed by atoms with Crippen molar-refractivity contribution in [3.63, 3.8) is 0 Å². The van der Waals surface area contributed by atoms with E-state index < -0.39 is 0 Å². The number of ketones is 1. The maximum Gasteiger partial charge on any atom is 0.261 e. The molecule has 0 unspecified atom stereocenters. The Morgan fingerprint density at radius 1 is 1.20 bits per heavy atom. The predicted octanol–water partition coefficient (Wildman–Crippen LogP) is 2.33. The first kappa shape index (κ1) is 15.3.